The zero-order valence-electron chi connectivity index (χ0n) is 14.3. The Morgan fingerprint density at radius 3 is 2.65 bits per heavy atom. The van der Waals surface area contributed by atoms with E-state index in [1.54, 1.807) is 11.3 Å². The van der Waals surface area contributed by atoms with Gasteiger partial charge in [0.1, 0.15) is 5.82 Å². The van der Waals surface area contributed by atoms with Gasteiger partial charge >= 0.3 is 0 Å². The van der Waals surface area contributed by atoms with Crippen LogP contribution in [-0.2, 0) is 17.8 Å². The predicted molar refractivity (Wildman–Crippen MR) is 104 cm³/mol. The van der Waals surface area contributed by atoms with Gasteiger partial charge in [-0.15, -0.1) is 11.3 Å². The second-order valence-electron chi connectivity index (χ2n) is 6.10. The molecule has 0 aliphatic heterocycles. The second-order valence-corrected chi connectivity index (χ2v) is 7.17. The van der Waals surface area contributed by atoms with Gasteiger partial charge in [0, 0.05) is 10.9 Å². The van der Waals surface area contributed by atoms with Crippen LogP contribution in [0.5, 0.6) is 0 Å². The third-order valence-electron chi connectivity index (χ3n) is 4.12. The van der Waals surface area contributed by atoms with Crippen LogP contribution in [0.2, 0.25) is 0 Å². The average Bonchev–Trinajstić information content (AvgIpc) is 3.26. The lowest BCUT2D eigenvalue weighted by Gasteiger charge is -2.04. The summed E-state index contributed by atoms with van der Waals surface area (Å²) in [5.41, 5.74) is 4.91. The molecule has 4 rings (SSSR count). The maximum absolute atomic E-state index is 12.2. The Hall–Kier alpha value is -2.99. The van der Waals surface area contributed by atoms with E-state index in [-0.39, 0.29) is 5.91 Å². The number of aryl methyl sites for hydroxylation is 1. The van der Waals surface area contributed by atoms with Gasteiger partial charge in [-0.2, -0.15) is 0 Å². The fourth-order valence-corrected chi connectivity index (χ4v) is 3.43. The molecule has 0 fully saturated rings. The van der Waals surface area contributed by atoms with Crippen LogP contribution in [0.15, 0.2) is 53.9 Å². The van der Waals surface area contributed by atoms with Crippen LogP contribution in [0.4, 0.5) is 0 Å². The number of fused-ring (bicyclic) bond motifs is 1. The summed E-state index contributed by atoms with van der Waals surface area (Å²) in [6, 6.07) is 15.8. The molecule has 0 bridgehead atoms. The van der Waals surface area contributed by atoms with Gasteiger partial charge in [-0.25, -0.2) is 9.97 Å². The number of nitrogens with one attached hydrogen (secondary N) is 2. The number of H-pyrrole nitrogens is 1. The largest absolute Gasteiger partial charge is 0.349 e. The Morgan fingerprint density at radius 2 is 1.92 bits per heavy atom. The summed E-state index contributed by atoms with van der Waals surface area (Å²) in [6.07, 6.45) is 0.344. The number of amides is 1. The van der Waals surface area contributed by atoms with Crippen molar-refractivity contribution in [3.8, 4) is 11.3 Å². The van der Waals surface area contributed by atoms with Crippen molar-refractivity contribution in [1.29, 1.82) is 0 Å². The lowest BCUT2D eigenvalue weighted by Crippen LogP contribution is -2.25. The molecule has 0 spiro atoms. The maximum Gasteiger partial charge on any atom is 0.224 e. The van der Waals surface area contributed by atoms with E-state index < -0.39 is 0 Å². The van der Waals surface area contributed by atoms with Crippen LogP contribution >= 0.6 is 11.3 Å². The van der Waals surface area contributed by atoms with Crippen molar-refractivity contribution >= 4 is 28.3 Å². The van der Waals surface area contributed by atoms with Crippen LogP contribution in [0, 0.1) is 6.92 Å². The standard InChI is InChI=1S/C20H18N4OS/c1-13-22-18(12-26-13)15-8-6-14(7-9-15)10-20(25)21-11-19-23-16-4-2-3-5-17(16)24-19/h2-9,12H,10-11H2,1H3,(H,21,25)(H,23,24). The summed E-state index contributed by atoms with van der Waals surface area (Å²) in [4.78, 5) is 24.4. The van der Waals surface area contributed by atoms with E-state index >= 15 is 0 Å². The molecule has 6 heteroatoms. The van der Waals surface area contributed by atoms with E-state index in [2.05, 4.69) is 20.3 Å². The third kappa shape index (κ3) is 3.65. The number of rotatable bonds is 5. The molecule has 0 atom stereocenters. The molecule has 0 radical (unpaired) electrons. The zero-order chi connectivity index (χ0) is 17.9. The summed E-state index contributed by atoms with van der Waals surface area (Å²) >= 11 is 1.64. The van der Waals surface area contributed by atoms with Gasteiger partial charge in [-0.3, -0.25) is 4.79 Å². The third-order valence-corrected chi connectivity index (χ3v) is 4.90. The highest BCUT2D eigenvalue weighted by atomic mass is 32.1. The highest BCUT2D eigenvalue weighted by molar-refractivity contribution is 7.09. The van der Waals surface area contributed by atoms with Crippen LogP contribution in [0.1, 0.15) is 16.4 Å². The number of carbonyl (C=O) groups excluding carboxylic acids is 1. The Morgan fingerprint density at radius 1 is 1.12 bits per heavy atom. The van der Waals surface area contributed by atoms with Gasteiger partial charge < -0.3 is 10.3 Å². The first-order valence-corrected chi connectivity index (χ1v) is 9.27. The Kier molecular flexibility index (Phi) is 4.50. The number of imidazole rings is 1. The highest BCUT2D eigenvalue weighted by Crippen LogP contribution is 2.21. The Labute approximate surface area is 155 Å². The number of aromatic amines is 1. The molecule has 2 aromatic carbocycles. The molecule has 2 heterocycles. The van der Waals surface area contributed by atoms with E-state index in [4.69, 9.17) is 0 Å². The van der Waals surface area contributed by atoms with Gasteiger partial charge in [0.25, 0.3) is 0 Å². The number of para-hydroxylation sites is 2. The first-order valence-electron chi connectivity index (χ1n) is 8.39. The smallest absolute Gasteiger partial charge is 0.224 e. The molecule has 0 saturated heterocycles. The Balaban J connectivity index is 1.35. The number of thiazole rings is 1. The summed E-state index contributed by atoms with van der Waals surface area (Å²) < 4.78 is 0. The van der Waals surface area contributed by atoms with E-state index in [1.807, 2.05) is 60.8 Å². The number of hydrogen-bond acceptors (Lipinski definition) is 4. The van der Waals surface area contributed by atoms with Crippen molar-refractivity contribution in [1.82, 2.24) is 20.3 Å². The molecule has 0 aliphatic rings. The maximum atomic E-state index is 12.2. The number of benzene rings is 2. The van der Waals surface area contributed by atoms with Crippen LogP contribution in [0.3, 0.4) is 0 Å². The monoisotopic (exact) mass is 362 g/mol. The summed E-state index contributed by atoms with van der Waals surface area (Å²) in [5.74, 6) is 0.733. The van der Waals surface area contributed by atoms with Crippen LogP contribution in [0.25, 0.3) is 22.3 Å². The van der Waals surface area contributed by atoms with E-state index in [9.17, 15) is 4.79 Å². The molecule has 4 aromatic rings. The van der Waals surface area contributed by atoms with Gasteiger partial charge in [-0.05, 0) is 24.6 Å². The molecule has 0 unspecified atom stereocenters. The Bertz CT molecular complexity index is 1020. The van der Waals surface area contributed by atoms with Gasteiger partial charge in [-0.1, -0.05) is 36.4 Å². The summed E-state index contributed by atoms with van der Waals surface area (Å²) in [5, 5.41) is 6.01. The van der Waals surface area contributed by atoms with E-state index in [1.165, 1.54) is 0 Å². The van der Waals surface area contributed by atoms with Gasteiger partial charge in [0.2, 0.25) is 5.91 Å². The molecule has 130 valence electrons. The van der Waals surface area contributed by atoms with Crippen LogP contribution < -0.4 is 5.32 Å². The molecule has 26 heavy (non-hydrogen) atoms. The van der Waals surface area contributed by atoms with Crippen molar-refractivity contribution in [3.63, 3.8) is 0 Å². The minimum absolute atomic E-state index is 0.0253. The SMILES string of the molecule is Cc1nc(-c2ccc(CC(=O)NCc3nc4ccccc4[nH]3)cc2)cs1. The number of nitrogens with zero attached hydrogens (tertiary/aromatic N) is 2. The molecule has 1 amide bonds. The molecule has 0 aliphatic carbocycles. The number of carbonyl (C=O) groups is 1. The summed E-state index contributed by atoms with van der Waals surface area (Å²) in [6.45, 7) is 2.39. The van der Waals surface area contributed by atoms with Crippen molar-refractivity contribution in [3.05, 3.63) is 70.3 Å². The quantitative estimate of drug-likeness (QED) is 0.566. The molecule has 2 aromatic heterocycles. The minimum atomic E-state index is -0.0253. The first kappa shape index (κ1) is 16.5. The van der Waals surface area contributed by atoms with Crippen LogP contribution in [-0.4, -0.2) is 20.9 Å². The lowest BCUT2D eigenvalue weighted by molar-refractivity contribution is -0.120. The topological polar surface area (TPSA) is 70.7 Å². The molecular weight excluding hydrogens is 344 g/mol. The normalized spacial score (nSPS) is 11.0. The average molecular weight is 362 g/mol. The van der Waals surface area contributed by atoms with Crippen molar-refractivity contribution in [2.45, 2.75) is 19.9 Å². The van der Waals surface area contributed by atoms with Gasteiger partial charge in [0.05, 0.1) is 34.7 Å². The van der Waals surface area contributed by atoms with Crippen molar-refractivity contribution in [2.24, 2.45) is 0 Å². The molecule has 5 nitrogen and oxygen atoms in total. The molecular formula is C20H18N4OS. The second kappa shape index (κ2) is 7.09. The van der Waals surface area contributed by atoms with E-state index in [0.717, 1.165) is 38.7 Å². The highest BCUT2D eigenvalue weighted by Gasteiger charge is 2.07. The lowest BCUT2D eigenvalue weighted by atomic mass is 10.1. The minimum Gasteiger partial charge on any atom is -0.349 e. The summed E-state index contributed by atoms with van der Waals surface area (Å²) in [7, 11) is 0. The predicted octanol–water partition coefficient (Wildman–Crippen LogP) is 3.85. The van der Waals surface area contributed by atoms with E-state index in [0.29, 0.717) is 13.0 Å². The van der Waals surface area contributed by atoms with Gasteiger partial charge in [0.15, 0.2) is 0 Å². The molecule has 2 N–H and O–H groups in total. The first-order chi connectivity index (χ1) is 12.7. The van der Waals surface area contributed by atoms with Crippen molar-refractivity contribution < 1.29 is 4.79 Å². The zero-order valence-corrected chi connectivity index (χ0v) is 15.1. The van der Waals surface area contributed by atoms with Crippen molar-refractivity contribution in [2.75, 3.05) is 0 Å². The number of hydrogen-bond donors (Lipinski definition) is 2. The number of aromatic nitrogens is 3. The fourth-order valence-electron chi connectivity index (χ4n) is 2.81. The fraction of sp³-hybridized carbons (Fsp3) is 0.150. The molecule has 0 saturated carbocycles.